The van der Waals surface area contributed by atoms with Gasteiger partial charge in [0.1, 0.15) is 5.82 Å². The first kappa shape index (κ1) is 11.0. The SMILES string of the molecule is CCS(=O)(=O)N(C)c1ccc(F)cc1. The molecule has 1 aromatic rings. The van der Waals surface area contributed by atoms with Crippen LogP contribution < -0.4 is 4.31 Å². The first-order valence-corrected chi connectivity index (χ1v) is 5.80. The van der Waals surface area contributed by atoms with Crippen LogP contribution in [-0.2, 0) is 10.0 Å². The second kappa shape index (κ2) is 3.96. The Kier molecular flexibility index (Phi) is 3.10. The van der Waals surface area contributed by atoms with E-state index >= 15 is 0 Å². The quantitative estimate of drug-likeness (QED) is 0.771. The van der Waals surface area contributed by atoms with Gasteiger partial charge in [-0.15, -0.1) is 0 Å². The van der Waals surface area contributed by atoms with Crippen LogP contribution in [-0.4, -0.2) is 21.2 Å². The largest absolute Gasteiger partial charge is 0.273 e. The third-order valence-corrected chi connectivity index (χ3v) is 3.75. The van der Waals surface area contributed by atoms with Crippen molar-refractivity contribution in [2.75, 3.05) is 17.1 Å². The number of hydrogen-bond donors (Lipinski definition) is 0. The van der Waals surface area contributed by atoms with Crippen LogP contribution in [0.3, 0.4) is 0 Å². The van der Waals surface area contributed by atoms with Crippen molar-refractivity contribution in [1.82, 2.24) is 0 Å². The molecule has 0 N–H and O–H groups in total. The summed E-state index contributed by atoms with van der Waals surface area (Å²) >= 11 is 0. The monoisotopic (exact) mass is 217 g/mol. The van der Waals surface area contributed by atoms with Crippen molar-refractivity contribution in [3.05, 3.63) is 30.1 Å². The Bertz CT molecular complexity index is 399. The van der Waals surface area contributed by atoms with Crippen LogP contribution in [0.4, 0.5) is 10.1 Å². The fraction of sp³-hybridized carbons (Fsp3) is 0.333. The first-order valence-electron chi connectivity index (χ1n) is 4.19. The summed E-state index contributed by atoms with van der Waals surface area (Å²) < 4.78 is 36.5. The highest BCUT2D eigenvalue weighted by molar-refractivity contribution is 7.92. The number of nitrogens with zero attached hydrogens (tertiary/aromatic N) is 1. The number of rotatable bonds is 3. The maximum absolute atomic E-state index is 12.6. The Hall–Kier alpha value is -1.10. The molecule has 0 atom stereocenters. The average molecular weight is 217 g/mol. The van der Waals surface area contributed by atoms with Crippen molar-refractivity contribution < 1.29 is 12.8 Å². The maximum atomic E-state index is 12.6. The standard InChI is InChI=1S/C9H12FNO2S/c1-3-14(12,13)11(2)9-6-4-8(10)5-7-9/h4-7H,3H2,1-2H3. The molecule has 0 radical (unpaired) electrons. The molecule has 0 aliphatic heterocycles. The third kappa shape index (κ3) is 2.23. The number of benzene rings is 1. The predicted molar refractivity (Wildman–Crippen MR) is 54.3 cm³/mol. The average Bonchev–Trinajstić information content (AvgIpc) is 2.18. The van der Waals surface area contributed by atoms with E-state index < -0.39 is 10.0 Å². The Morgan fingerprint density at radius 2 is 1.79 bits per heavy atom. The summed E-state index contributed by atoms with van der Waals surface area (Å²) in [6.07, 6.45) is 0. The van der Waals surface area contributed by atoms with Gasteiger partial charge in [-0.25, -0.2) is 12.8 Å². The molecule has 0 aliphatic carbocycles. The van der Waals surface area contributed by atoms with Crippen molar-refractivity contribution >= 4 is 15.7 Å². The molecule has 5 heteroatoms. The van der Waals surface area contributed by atoms with Crippen LogP contribution in [0.25, 0.3) is 0 Å². The topological polar surface area (TPSA) is 37.4 Å². The summed E-state index contributed by atoms with van der Waals surface area (Å²) in [5.74, 6) is -0.350. The molecular weight excluding hydrogens is 205 g/mol. The Labute approximate surface area is 83.2 Å². The number of sulfonamides is 1. The van der Waals surface area contributed by atoms with E-state index in [1.165, 1.54) is 31.3 Å². The van der Waals surface area contributed by atoms with Gasteiger partial charge in [0.2, 0.25) is 10.0 Å². The van der Waals surface area contributed by atoms with Gasteiger partial charge < -0.3 is 0 Å². The van der Waals surface area contributed by atoms with E-state index in [1.807, 2.05) is 0 Å². The van der Waals surface area contributed by atoms with Gasteiger partial charge in [-0.2, -0.15) is 0 Å². The van der Waals surface area contributed by atoms with Crippen molar-refractivity contribution in [2.45, 2.75) is 6.92 Å². The fourth-order valence-corrected chi connectivity index (χ4v) is 1.84. The lowest BCUT2D eigenvalue weighted by molar-refractivity contribution is 0.595. The summed E-state index contributed by atoms with van der Waals surface area (Å²) in [5.41, 5.74) is 0.466. The molecule has 0 bridgehead atoms. The van der Waals surface area contributed by atoms with Crippen molar-refractivity contribution in [2.24, 2.45) is 0 Å². The number of anilines is 1. The van der Waals surface area contributed by atoms with E-state index in [2.05, 4.69) is 0 Å². The number of hydrogen-bond acceptors (Lipinski definition) is 2. The summed E-state index contributed by atoms with van der Waals surface area (Å²) in [7, 11) is -1.80. The molecule has 1 rings (SSSR count). The minimum absolute atomic E-state index is 0.0286. The molecule has 0 spiro atoms. The van der Waals surface area contributed by atoms with E-state index in [0.717, 1.165) is 4.31 Å². The van der Waals surface area contributed by atoms with E-state index in [1.54, 1.807) is 6.92 Å². The maximum Gasteiger partial charge on any atom is 0.234 e. The highest BCUT2D eigenvalue weighted by Gasteiger charge is 2.15. The lowest BCUT2D eigenvalue weighted by Gasteiger charge is -2.17. The molecule has 0 saturated heterocycles. The third-order valence-electron chi connectivity index (χ3n) is 1.97. The predicted octanol–water partition coefficient (Wildman–Crippen LogP) is 1.61. The molecule has 1 aromatic carbocycles. The second-order valence-electron chi connectivity index (χ2n) is 2.84. The molecule has 78 valence electrons. The Morgan fingerprint density at radius 1 is 1.29 bits per heavy atom. The summed E-state index contributed by atoms with van der Waals surface area (Å²) in [6, 6.07) is 5.33. The fourth-order valence-electron chi connectivity index (χ4n) is 1.01. The summed E-state index contributed by atoms with van der Waals surface area (Å²) in [6.45, 7) is 1.56. The minimum Gasteiger partial charge on any atom is -0.273 e. The minimum atomic E-state index is -3.25. The highest BCUT2D eigenvalue weighted by atomic mass is 32.2. The lowest BCUT2D eigenvalue weighted by atomic mass is 10.3. The molecule has 0 unspecified atom stereocenters. The zero-order chi connectivity index (χ0) is 10.8. The van der Waals surface area contributed by atoms with Crippen LogP contribution in [0.1, 0.15) is 6.92 Å². The zero-order valence-electron chi connectivity index (χ0n) is 8.07. The molecule has 0 saturated carbocycles. The zero-order valence-corrected chi connectivity index (χ0v) is 8.88. The first-order chi connectivity index (χ1) is 6.47. The van der Waals surface area contributed by atoms with E-state index in [-0.39, 0.29) is 11.6 Å². The normalized spacial score (nSPS) is 11.4. The van der Waals surface area contributed by atoms with E-state index in [4.69, 9.17) is 0 Å². The molecule has 0 aromatic heterocycles. The van der Waals surface area contributed by atoms with Crippen LogP contribution >= 0.6 is 0 Å². The molecular formula is C9H12FNO2S. The van der Waals surface area contributed by atoms with E-state index in [0.29, 0.717) is 5.69 Å². The summed E-state index contributed by atoms with van der Waals surface area (Å²) in [5, 5.41) is 0. The van der Waals surface area contributed by atoms with Gasteiger partial charge in [-0.1, -0.05) is 0 Å². The molecule has 0 amide bonds. The smallest absolute Gasteiger partial charge is 0.234 e. The van der Waals surface area contributed by atoms with Crippen molar-refractivity contribution in [3.63, 3.8) is 0 Å². The molecule has 0 heterocycles. The van der Waals surface area contributed by atoms with Crippen molar-refractivity contribution in [1.29, 1.82) is 0 Å². The van der Waals surface area contributed by atoms with Gasteiger partial charge >= 0.3 is 0 Å². The van der Waals surface area contributed by atoms with Gasteiger partial charge in [0, 0.05) is 7.05 Å². The van der Waals surface area contributed by atoms with Gasteiger partial charge in [-0.05, 0) is 31.2 Å². The van der Waals surface area contributed by atoms with Gasteiger partial charge in [0.25, 0.3) is 0 Å². The lowest BCUT2D eigenvalue weighted by Crippen LogP contribution is -2.27. The van der Waals surface area contributed by atoms with Gasteiger partial charge in [0.05, 0.1) is 11.4 Å². The second-order valence-corrected chi connectivity index (χ2v) is 5.13. The molecule has 3 nitrogen and oxygen atoms in total. The van der Waals surface area contributed by atoms with Gasteiger partial charge in [-0.3, -0.25) is 4.31 Å². The van der Waals surface area contributed by atoms with Crippen LogP contribution in [0, 0.1) is 5.82 Å². The molecule has 0 aliphatic rings. The number of halogens is 1. The molecule has 0 fully saturated rings. The van der Waals surface area contributed by atoms with Crippen LogP contribution in [0.2, 0.25) is 0 Å². The van der Waals surface area contributed by atoms with E-state index in [9.17, 15) is 12.8 Å². The van der Waals surface area contributed by atoms with Crippen LogP contribution in [0.5, 0.6) is 0 Å². The Balaban J connectivity index is 3.01. The van der Waals surface area contributed by atoms with Crippen molar-refractivity contribution in [3.8, 4) is 0 Å². The van der Waals surface area contributed by atoms with Crippen LogP contribution in [0.15, 0.2) is 24.3 Å². The summed E-state index contributed by atoms with van der Waals surface area (Å²) in [4.78, 5) is 0. The highest BCUT2D eigenvalue weighted by Crippen LogP contribution is 2.16. The Morgan fingerprint density at radius 3 is 2.21 bits per heavy atom. The molecule has 14 heavy (non-hydrogen) atoms. The van der Waals surface area contributed by atoms with Gasteiger partial charge in [0.15, 0.2) is 0 Å².